The van der Waals surface area contributed by atoms with Crippen molar-refractivity contribution in [2.24, 2.45) is 5.92 Å². The molecule has 9 nitrogen and oxygen atoms in total. The number of imidazole rings is 1. The van der Waals surface area contributed by atoms with E-state index in [-0.39, 0.29) is 11.8 Å². The van der Waals surface area contributed by atoms with E-state index in [0.29, 0.717) is 19.8 Å². The number of carbonyl (C=O) groups is 1. The Bertz CT molecular complexity index is 985. The summed E-state index contributed by atoms with van der Waals surface area (Å²) in [6.07, 6.45) is 8.42. The molecule has 0 aliphatic carbocycles. The molecule has 1 aliphatic rings. The molecule has 4 rings (SSSR count). The predicted octanol–water partition coefficient (Wildman–Crippen LogP) is 2.47. The molecule has 1 aromatic carbocycles. The van der Waals surface area contributed by atoms with E-state index >= 15 is 0 Å². The SMILES string of the molecule is CCOc1ccc(OCCNC(=O)C2CCN(c3cc(-n4ccnc4)ncn3)CC2)cc1. The van der Waals surface area contributed by atoms with Gasteiger partial charge in [-0.25, -0.2) is 15.0 Å². The van der Waals surface area contributed by atoms with Gasteiger partial charge in [-0.1, -0.05) is 0 Å². The lowest BCUT2D eigenvalue weighted by molar-refractivity contribution is -0.125. The number of nitrogens with zero attached hydrogens (tertiary/aromatic N) is 5. The fraction of sp³-hybridized carbons (Fsp3) is 0.391. The lowest BCUT2D eigenvalue weighted by Crippen LogP contribution is -2.41. The molecule has 0 saturated carbocycles. The maximum atomic E-state index is 12.5. The van der Waals surface area contributed by atoms with Gasteiger partial charge in [0.05, 0.1) is 13.2 Å². The summed E-state index contributed by atoms with van der Waals surface area (Å²) in [7, 11) is 0. The first-order valence-electron chi connectivity index (χ1n) is 10.9. The summed E-state index contributed by atoms with van der Waals surface area (Å²) in [6.45, 7) is 5.05. The van der Waals surface area contributed by atoms with Crippen LogP contribution in [-0.4, -0.2) is 58.3 Å². The third-order valence-electron chi connectivity index (χ3n) is 5.40. The van der Waals surface area contributed by atoms with Crippen LogP contribution >= 0.6 is 0 Å². The van der Waals surface area contributed by atoms with E-state index in [0.717, 1.165) is 49.1 Å². The van der Waals surface area contributed by atoms with Gasteiger partial charge in [0, 0.05) is 37.5 Å². The normalized spacial score (nSPS) is 14.2. The molecule has 2 aromatic heterocycles. The monoisotopic (exact) mass is 436 g/mol. The highest BCUT2D eigenvalue weighted by Crippen LogP contribution is 2.23. The molecular formula is C23H28N6O3. The molecule has 3 heterocycles. The minimum atomic E-state index is 0.00619. The average molecular weight is 437 g/mol. The highest BCUT2D eigenvalue weighted by Gasteiger charge is 2.25. The minimum absolute atomic E-state index is 0.00619. The highest BCUT2D eigenvalue weighted by atomic mass is 16.5. The number of rotatable bonds is 9. The fourth-order valence-electron chi connectivity index (χ4n) is 3.70. The first kappa shape index (κ1) is 21.6. The second-order valence-electron chi connectivity index (χ2n) is 7.51. The van der Waals surface area contributed by atoms with E-state index < -0.39 is 0 Å². The van der Waals surface area contributed by atoms with Crippen LogP contribution in [0.15, 0.2) is 55.4 Å². The molecule has 3 aromatic rings. The standard InChI is InChI=1S/C23H28N6O3/c1-2-31-19-3-5-20(6-4-19)32-14-10-25-23(30)18-7-11-28(12-8-18)21-15-22(27-16-26-21)29-13-9-24-17-29/h3-6,9,13,15-18H,2,7-8,10-12,14H2,1H3,(H,25,30). The molecule has 1 amide bonds. The predicted molar refractivity (Wildman–Crippen MR) is 120 cm³/mol. The largest absolute Gasteiger partial charge is 0.494 e. The van der Waals surface area contributed by atoms with Crippen LogP contribution in [0.2, 0.25) is 0 Å². The van der Waals surface area contributed by atoms with E-state index in [1.165, 1.54) is 0 Å². The van der Waals surface area contributed by atoms with Crippen LogP contribution in [0.25, 0.3) is 5.82 Å². The Hall–Kier alpha value is -3.62. The Morgan fingerprint density at radius 2 is 1.81 bits per heavy atom. The summed E-state index contributed by atoms with van der Waals surface area (Å²) in [5.41, 5.74) is 0. The third kappa shape index (κ3) is 5.54. The molecular weight excluding hydrogens is 408 g/mol. The Labute approximate surface area is 187 Å². The van der Waals surface area contributed by atoms with Crippen LogP contribution in [-0.2, 0) is 4.79 Å². The smallest absolute Gasteiger partial charge is 0.223 e. The van der Waals surface area contributed by atoms with Crippen molar-refractivity contribution in [2.75, 3.05) is 37.7 Å². The number of aromatic nitrogens is 4. The van der Waals surface area contributed by atoms with Gasteiger partial charge in [-0.05, 0) is 44.0 Å². The van der Waals surface area contributed by atoms with E-state index in [2.05, 4.69) is 25.2 Å². The van der Waals surface area contributed by atoms with Gasteiger partial charge in [-0.15, -0.1) is 0 Å². The van der Waals surface area contributed by atoms with Crippen molar-refractivity contribution in [3.8, 4) is 17.3 Å². The van der Waals surface area contributed by atoms with Gasteiger partial charge in [-0.3, -0.25) is 9.36 Å². The second kappa shape index (κ2) is 10.6. The lowest BCUT2D eigenvalue weighted by atomic mass is 9.96. The number of piperidine rings is 1. The summed E-state index contributed by atoms with van der Waals surface area (Å²) < 4.78 is 13.0. The van der Waals surface area contributed by atoms with Crippen molar-refractivity contribution in [1.82, 2.24) is 24.8 Å². The van der Waals surface area contributed by atoms with Crippen LogP contribution in [0.1, 0.15) is 19.8 Å². The summed E-state index contributed by atoms with van der Waals surface area (Å²) in [5, 5.41) is 2.99. The molecule has 32 heavy (non-hydrogen) atoms. The Kier molecular flexibility index (Phi) is 7.16. The van der Waals surface area contributed by atoms with Crippen LogP contribution in [0, 0.1) is 5.92 Å². The van der Waals surface area contributed by atoms with Gasteiger partial charge < -0.3 is 19.7 Å². The van der Waals surface area contributed by atoms with E-state index in [4.69, 9.17) is 9.47 Å². The summed E-state index contributed by atoms with van der Waals surface area (Å²) in [5.74, 6) is 3.31. The lowest BCUT2D eigenvalue weighted by Gasteiger charge is -2.32. The second-order valence-corrected chi connectivity index (χ2v) is 7.51. The summed E-state index contributed by atoms with van der Waals surface area (Å²) in [4.78, 5) is 27.5. The zero-order valence-electron chi connectivity index (χ0n) is 18.2. The van der Waals surface area contributed by atoms with Crippen LogP contribution < -0.4 is 19.7 Å². The third-order valence-corrected chi connectivity index (χ3v) is 5.40. The Balaban J connectivity index is 1.19. The first-order valence-corrected chi connectivity index (χ1v) is 10.9. The van der Waals surface area contributed by atoms with E-state index in [1.807, 2.05) is 48.0 Å². The van der Waals surface area contributed by atoms with Gasteiger partial charge >= 0.3 is 0 Å². The Morgan fingerprint density at radius 3 is 2.50 bits per heavy atom. The number of hydrogen-bond donors (Lipinski definition) is 1. The molecule has 0 bridgehead atoms. The van der Waals surface area contributed by atoms with Crippen molar-refractivity contribution in [1.29, 1.82) is 0 Å². The van der Waals surface area contributed by atoms with Gasteiger partial charge in [0.1, 0.15) is 42.4 Å². The number of amides is 1. The minimum Gasteiger partial charge on any atom is -0.494 e. The quantitative estimate of drug-likeness (QED) is 0.515. The van der Waals surface area contributed by atoms with Gasteiger partial charge in [0.2, 0.25) is 5.91 Å². The average Bonchev–Trinajstić information content (AvgIpc) is 3.38. The molecule has 9 heteroatoms. The maximum Gasteiger partial charge on any atom is 0.223 e. The maximum absolute atomic E-state index is 12.5. The molecule has 1 fully saturated rings. The molecule has 168 valence electrons. The zero-order valence-corrected chi connectivity index (χ0v) is 18.2. The number of carbonyl (C=O) groups excluding carboxylic acids is 1. The first-order chi connectivity index (χ1) is 15.7. The molecule has 0 atom stereocenters. The van der Waals surface area contributed by atoms with Gasteiger partial charge in [0.25, 0.3) is 0 Å². The Morgan fingerprint density at radius 1 is 1.09 bits per heavy atom. The van der Waals surface area contributed by atoms with Gasteiger partial charge in [-0.2, -0.15) is 0 Å². The molecule has 0 unspecified atom stereocenters. The molecule has 1 N–H and O–H groups in total. The van der Waals surface area contributed by atoms with Crippen LogP contribution in [0.4, 0.5) is 5.82 Å². The summed E-state index contributed by atoms with van der Waals surface area (Å²) >= 11 is 0. The van der Waals surface area contributed by atoms with Crippen LogP contribution in [0.5, 0.6) is 11.5 Å². The number of hydrogen-bond acceptors (Lipinski definition) is 7. The fourth-order valence-corrected chi connectivity index (χ4v) is 3.70. The van der Waals surface area contributed by atoms with Crippen molar-refractivity contribution in [2.45, 2.75) is 19.8 Å². The summed E-state index contributed by atoms with van der Waals surface area (Å²) in [6, 6.07) is 9.44. The van der Waals surface area contributed by atoms with E-state index in [9.17, 15) is 4.79 Å². The van der Waals surface area contributed by atoms with Gasteiger partial charge in [0.15, 0.2) is 0 Å². The van der Waals surface area contributed by atoms with Crippen molar-refractivity contribution >= 4 is 11.7 Å². The van der Waals surface area contributed by atoms with Crippen molar-refractivity contribution < 1.29 is 14.3 Å². The number of benzene rings is 1. The van der Waals surface area contributed by atoms with E-state index in [1.54, 1.807) is 18.9 Å². The number of anilines is 1. The molecule has 0 radical (unpaired) electrons. The molecule has 1 aliphatic heterocycles. The number of ether oxygens (including phenoxy) is 2. The zero-order chi connectivity index (χ0) is 22.2. The molecule has 1 saturated heterocycles. The highest BCUT2D eigenvalue weighted by molar-refractivity contribution is 5.79. The topological polar surface area (TPSA) is 94.4 Å². The number of nitrogens with one attached hydrogen (secondary N) is 1. The van der Waals surface area contributed by atoms with Crippen LogP contribution in [0.3, 0.4) is 0 Å². The van der Waals surface area contributed by atoms with Crippen molar-refractivity contribution in [3.63, 3.8) is 0 Å². The van der Waals surface area contributed by atoms with Crippen molar-refractivity contribution in [3.05, 3.63) is 55.4 Å². The molecule has 0 spiro atoms.